The van der Waals surface area contributed by atoms with Crippen LogP contribution in [0.1, 0.15) is 30.0 Å². The zero-order valence-electron chi connectivity index (χ0n) is 12.1. The van der Waals surface area contributed by atoms with Crippen LogP contribution in [-0.4, -0.2) is 15.1 Å². The van der Waals surface area contributed by atoms with Crippen LogP contribution in [-0.2, 0) is 6.18 Å². The Kier molecular flexibility index (Phi) is 3.85. The molecule has 0 bridgehead atoms. The average molecular weight is 319 g/mol. The summed E-state index contributed by atoms with van der Waals surface area (Å²) in [6.07, 6.45) is -2.92. The third-order valence-corrected chi connectivity index (χ3v) is 3.47. The zero-order chi connectivity index (χ0) is 16.4. The third kappa shape index (κ3) is 3.23. The highest BCUT2D eigenvalue weighted by Gasteiger charge is 2.38. The van der Waals surface area contributed by atoms with Crippen molar-refractivity contribution in [1.29, 1.82) is 0 Å². The summed E-state index contributed by atoms with van der Waals surface area (Å²) in [4.78, 5) is 7.67. The van der Waals surface area contributed by atoms with Gasteiger partial charge in [-0.05, 0) is 17.7 Å². The van der Waals surface area contributed by atoms with Crippen LogP contribution in [0.15, 0.2) is 53.2 Å². The lowest BCUT2D eigenvalue weighted by Gasteiger charge is -2.11. The van der Waals surface area contributed by atoms with Gasteiger partial charge in [-0.2, -0.15) is 18.2 Å². The molecule has 1 unspecified atom stereocenters. The highest BCUT2D eigenvalue weighted by atomic mass is 19.4. The van der Waals surface area contributed by atoms with Crippen molar-refractivity contribution in [3.63, 3.8) is 0 Å². The maximum absolute atomic E-state index is 12.5. The Morgan fingerprint density at radius 2 is 1.78 bits per heavy atom. The van der Waals surface area contributed by atoms with Gasteiger partial charge < -0.3 is 4.52 Å². The summed E-state index contributed by atoms with van der Waals surface area (Å²) in [6.45, 7) is 2.01. The molecule has 23 heavy (non-hydrogen) atoms. The van der Waals surface area contributed by atoms with Crippen molar-refractivity contribution in [1.82, 2.24) is 15.1 Å². The molecule has 3 rings (SSSR count). The normalized spacial score (nSPS) is 13.0. The van der Waals surface area contributed by atoms with E-state index in [2.05, 4.69) is 19.6 Å². The molecule has 0 spiro atoms. The largest absolute Gasteiger partial charge is 0.471 e. The van der Waals surface area contributed by atoms with Gasteiger partial charge in [-0.15, -0.1) is 0 Å². The second-order valence-corrected chi connectivity index (χ2v) is 5.02. The molecule has 0 aliphatic heterocycles. The number of rotatable bonds is 3. The number of hydrogen-bond acceptors (Lipinski definition) is 4. The number of aromatic nitrogens is 3. The Balaban J connectivity index is 1.84. The van der Waals surface area contributed by atoms with Crippen LogP contribution in [0, 0.1) is 0 Å². The van der Waals surface area contributed by atoms with Gasteiger partial charge in [0.2, 0.25) is 5.82 Å². The molecule has 0 saturated carbocycles. The Labute approximate surface area is 130 Å². The van der Waals surface area contributed by atoms with Gasteiger partial charge >= 0.3 is 12.1 Å². The van der Waals surface area contributed by atoms with Crippen molar-refractivity contribution in [2.45, 2.75) is 19.0 Å². The van der Waals surface area contributed by atoms with Gasteiger partial charge in [-0.1, -0.05) is 42.4 Å². The monoisotopic (exact) mass is 319 g/mol. The van der Waals surface area contributed by atoms with Gasteiger partial charge in [0, 0.05) is 23.4 Å². The number of hydrogen-bond donors (Lipinski definition) is 0. The van der Waals surface area contributed by atoms with Crippen LogP contribution in [0.25, 0.3) is 11.4 Å². The maximum atomic E-state index is 12.5. The summed E-state index contributed by atoms with van der Waals surface area (Å²) < 4.78 is 41.6. The number of pyridine rings is 1. The second kappa shape index (κ2) is 5.83. The highest BCUT2D eigenvalue weighted by Crippen LogP contribution is 2.30. The summed E-state index contributed by atoms with van der Waals surface area (Å²) >= 11 is 0. The van der Waals surface area contributed by atoms with Crippen LogP contribution in [0.3, 0.4) is 0 Å². The minimum absolute atomic E-state index is 0.0706. The van der Waals surface area contributed by atoms with E-state index in [-0.39, 0.29) is 11.7 Å². The minimum atomic E-state index is -4.64. The standard InChI is InChI=1S/C16H12F3N3O/c1-10(13-4-2-3-9-20-13)11-5-7-12(8-6-11)14-21-15(23-22-14)16(17,18)19/h2-10H,1H3. The molecule has 1 aromatic carbocycles. The molecule has 0 saturated heterocycles. The van der Waals surface area contributed by atoms with E-state index in [1.165, 1.54) is 0 Å². The SMILES string of the molecule is CC(c1ccc(-c2noc(C(F)(F)F)n2)cc1)c1ccccn1. The summed E-state index contributed by atoms with van der Waals surface area (Å²) in [6, 6.07) is 12.6. The van der Waals surface area contributed by atoms with Gasteiger partial charge in [0.15, 0.2) is 0 Å². The van der Waals surface area contributed by atoms with Crippen LogP contribution in [0.5, 0.6) is 0 Å². The number of nitrogens with zero attached hydrogens (tertiary/aromatic N) is 3. The highest BCUT2D eigenvalue weighted by molar-refractivity contribution is 5.55. The average Bonchev–Trinajstić information content (AvgIpc) is 3.05. The fourth-order valence-electron chi connectivity index (χ4n) is 2.18. The molecule has 0 aliphatic rings. The van der Waals surface area contributed by atoms with E-state index >= 15 is 0 Å². The topological polar surface area (TPSA) is 51.8 Å². The summed E-state index contributed by atoms with van der Waals surface area (Å²) in [5.41, 5.74) is 2.37. The van der Waals surface area contributed by atoms with Gasteiger partial charge in [0.25, 0.3) is 0 Å². The zero-order valence-corrected chi connectivity index (χ0v) is 12.1. The van der Waals surface area contributed by atoms with Crippen molar-refractivity contribution in [3.05, 3.63) is 65.8 Å². The number of benzene rings is 1. The lowest BCUT2D eigenvalue weighted by atomic mass is 9.96. The first kappa shape index (κ1) is 15.2. The third-order valence-electron chi connectivity index (χ3n) is 3.47. The van der Waals surface area contributed by atoms with Crippen LogP contribution < -0.4 is 0 Å². The van der Waals surface area contributed by atoms with Gasteiger partial charge in [0.05, 0.1) is 0 Å². The van der Waals surface area contributed by atoms with Crippen molar-refractivity contribution < 1.29 is 17.7 Å². The van der Waals surface area contributed by atoms with E-state index in [0.717, 1.165) is 11.3 Å². The summed E-state index contributed by atoms with van der Waals surface area (Å²) in [5.74, 6) is -1.37. The van der Waals surface area contributed by atoms with Gasteiger partial charge in [-0.3, -0.25) is 4.98 Å². The lowest BCUT2D eigenvalue weighted by Crippen LogP contribution is -2.04. The lowest BCUT2D eigenvalue weighted by molar-refractivity contribution is -0.159. The quantitative estimate of drug-likeness (QED) is 0.722. The van der Waals surface area contributed by atoms with Crippen molar-refractivity contribution in [2.75, 3.05) is 0 Å². The van der Waals surface area contributed by atoms with Crippen molar-refractivity contribution in [3.8, 4) is 11.4 Å². The van der Waals surface area contributed by atoms with Crippen LogP contribution >= 0.6 is 0 Å². The predicted molar refractivity (Wildman–Crippen MR) is 76.5 cm³/mol. The smallest absolute Gasteiger partial charge is 0.329 e. The Hall–Kier alpha value is -2.70. The molecule has 0 aliphatic carbocycles. The van der Waals surface area contributed by atoms with Gasteiger partial charge in [-0.25, -0.2) is 0 Å². The molecular weight excluding hydrogens is 307 g/mol. The van der Waals surface area contributed by atoms with E-state index in [0.29, 0.717) is 5.56 Å². The summed E-state index contributed by atoms with van der Waals surface area (Å²) in [7, 11) is 0. The van der Waals surface area contributed by atoms with E-state index < -0.39 is 12.1 Å². The van der Waals surface area contributed by atoms with E-state index in [9.17, 15) is 13.2 Å². The van der Waals surface area contributed by atoms with Crippen LogP contribution in [0.2, 0.25) is 0 Å². The van der Waals surface area contributed by atoms with E-state index in [1.54, 1.807) is 18.3 Å². The Bertz CT molecular complexity index is 782. The first-order valence-corrected chi connectivity index (χ1v) is 6.87. The molecule has 0 N–H and O–H groups in total. The summed E-state index contributed by atoms with van der Waals surface area (Å²) in [5, 5.41) is 3.37. The molecule has 118 valence electrons. The fourth-order valence-corrected chi connectivity index (χ4v) is 2.18. The number of halogens is 3. The molecule has 3 aromatic rings. The molecule has 2 heterocycles. The molecule has 0 fully saturated rings. The van der Waals surface area contributed by atoms with E-state index in [4.69, 9.17) is 0 Å². The molecule has 7 heteroatoms. The molecular formula is C16H12F3N3O. The molecule has 0 amide bonds. The predicted octanol–water partition coefficient (Wildman–Crippen LogP) is 4.30. The number of alkyl halides is 3. The Morgan fingerprint density at radius 3 is 2.35 bits per heavy atom. The van der Waals surface area contributed by atoms with Crippen LogP contribution in [0.4, 0.5) is 13.2 Å². The van der Waals surface area contributed by atoms with Crippen molar-refractivity contribution in [2.24, 2.45) is 0 Å². The van der Waals surface area contributed by atoms with E-state index in [1.807, 2.05) is 37.3 Å². The molecule has 2 aromatic heterocycles. The fraction of sp³-hybridized carbons (Fsp3) is 0.188. The van der Waals surface area contributed by atoms with Gasteiger partial charge in [0.1, 0.15) is 0 Å². The second-order valence-electron chi connectivity index (χ2n) is 5.02. The molecule has 0 radical (unpaired) electrons. The molecule has 4 nitrogen and oxygen atoms in total. The maximum Gasteiger partial charge on any atom is 0.471 e. The Morgan fingerprint density at radius 1 is 1.04 bits per heavy atom. The first-order valence-electron chi connectivity index (χ1n) is 6.87. The minimum Gasteiger partial charge on any atom is -0.329 e. The molecule has 1 atom stereocenters. The first-order chi connectivity index (χ1) is 10.9. The van der Waals surface area contributed by atoms with Crippen molar-refractivity contribution >= 4 is 0 Å².